The number of nitrogens with one attached hydrogen (secondary N) is 1. The van der Waals surface area contributed by atoms with Crippen molar-refractivity contribution in [3.8, 4) is 0 Å². The van der Waals surface area contributed by atoms with Gasteiger partial charge in [-0.05, 0) is 37.4 Å². The van der Waals surface area contributed by atoms with Crippen molar-refractivity contribution in [1.29, 1.82) is 0 Å². The Kier molecular flexibility index (Phi) is 6.58. The van der Waals surface area contributed by atoms with Gasteiger partial charge < -0.3 is 11.1 Å². The molecule has 1 amide bonds. The topological polar surface area (TPSA) is 92.5 Å². The van der Waals surface area contributed by atoms with Crippen molar-refractivity contribution in [2.45, 2.75) is 36.8 Å². The molecule has 1 saturated heterocycles. The van der Waals surface area contributed by atoms with Crippen molar-refractivity contribution in [3.05, 3.63) is 17.0 Å². The summed E-state index contributed by atoms with van der Waals surface area (Å²) in [7, 11) is -3.40. The number of nitrogens with zero attached hydrogens (tertiary/aromatic N) is 1. The van der Waals surface area contributed by atoms with Crippen LogP contribution in [0.25, 0.3) is 0 Å². The maximum atomic E-state index is 12.6. The van der Waals surface area contributed by atoms with E-state index in [1.807, 2.05) is 6.92 Å². The summed E-state index contributed by atoms with van der Waals surface area (Å²) in [5.74, 6) is 0.131. The maximum absolute atomic E-state index is 12.6. The lowest BCUT2D eigenvalue weighted by Crippen LogP contribution is -2.35. The van der Waals surface area contributed by atoms with Gasteiger partial charge in [-0.15, -0.1) is 11.3 Å². The predicted molar refractivity (Wildman–Crippen MR) is 91.9 cm³/mol. The van der Waals surface area contributed by atoms with Crippen LogP contribution < -0.4 is 11.1 Å². The average molecular weight is 360 g/mol. The fourth-order valence-electron chi connectivity index (χ4n) is 2.42. The highest BCUT2D eigenvalue weighted by Crippen LogP contribution is 2.27. The molecule has 1 unspecified atom stereocenters. The molecule has 3 N–H and O–H groups in total. The molecule has 2 heterocycles. The third-order valence-corrected chi connectivity index (χ3v) is 7.38. The van der Waals surface area contributed by atoms with E-state index in [9.17, 15) is 13.2 Å². The summed E-state index contributed by atoms with van der Waals surface area (Å²) in [6.07, 6.45) is 3.12. The zero-order valence-electron chi connectivity index (χ0n) is 13.5. The minimum Gasteiger partial charge on any atom is -0.355 e. The minimum absolute atomic E-state index is 0.103. The predicted octanol–water partition coefficient (Wildman–Crippen LogP) is 1.18. The molecule has 1 fully saturated rings. The molecule has 1 aromatic rings. The van der Waals surface area contributed by atoms with Crippen LogP contribution in [-0.2, 0) is 21.2 Å². The summed E-state index contributed by atoms with van der Waals surface area (Å²) in [6.45, 7) is 4.21. The molecule has 130 valence electrons. The molecule has 0 saturated carbocycles. The fourth-order valence-corrected chi connectivity index (χ4v) is 5.44. The normalized spacial score (nSPS) is 17.8. The lowest BCUT2D eigenvalue weighted by Gasteiger charge is -2.25. The molecule has 1 aromatic heterocycles. The number of hydrogen-bond acceptors (Lipinski definition) is 5. The van der Waals surface area contributed by atoms with E-state index in [4.69, 9.17) is 5.73 Å². The van der Waals surface area contributed by atoms with Gasteiger partial charge in [-0.3, -0.25) is 4.79 Å². The highest BCUT2D eigenvalue weighted by Gasteiger charge is 2.27. The number of amides is 1. The molecule has 1 aliphatic heterocycles. The second kappa shape index (κ2) is 8.23. The van der Waals surface area contributed by atoms with Crippen LogP contribution in [0.2, 0.25) is 0 Å². The Morgan fingerprint density at radius 2 is 2.04 bits per heavy atom. The van der Waals surface area contributed by atoms with Crippen molar-refractivity contribution in [3.63, 3.8) is 0 Å². The van der Waals surface area contributed by atoms with E-state index in [0.717, 1.165) is 24.1 Å². The molecular formula is C15H25N3O3S2. The second-order valence-electron chi connectivity index (χ2n) is 6.01. The van der Waals surface area contributed by atoms with Crippen LogP contribution in [-0.4, -0.2) is 44.8 Å². The van der Waals surface area contributed by atoms with Gasteiger partial charge >= 0.3 is 0 Å². The lowest BCUT2D eigenvalue weighted by molar-refractivity contribution is -0.120. The smallest absolute Gasteiger partial charge is 0.252 e. The summed E-state index contributed by atoms with van der Waals surface area (Å²) in [5, 5.41) is 2.82. The van der Waals surface area contributed by atoms with Crippen LogP contribution in [0.3, 0.4) is 0 Å². The Bertz CT molecular complexity index is 622. The molecule has 0 spiro atoms. The molecule has 1 atom stereocenters. The van der Waals surface area contributed by atoms with E-state index in [1.54, 1.807) is 16.4 Å². The quantitative estimate of drug-likeness (QED) is 0.764. The zero-order valence-corrected chi connectivity index (χ0v) is 15.1. The van der Waals surface area contributed by atoms with Gasteiger partial charge in [-0.2, -0.15) is 4.31 Å². The summed E-state index contributed by atoms with van der Waals surface area (Å²) >= 11 is 1.19. The molecule has 23 heavy (non-hydrogen) atoms. The van der Waals surface area contributed by atoms with Crippen LogP contribution in [0.4, 0.5) is 0 Å². The first-order chi connectivity index (χ1) is 10.9. The molecule has 6 nitrogen and oxygen atoms in total. The molecule has 0 aromatic carbocycles. The van der Waals surface area contributed by atoms with E-state index in [1.165, 1.54) is 11.3 Å². The van der Waals surface area contributed by atoms with Crippen molar-refractivity contribution < 1.29 is 13.2 Å². The molecule has 0 aliphatic carbocycles. The molecule has 2 rings (SSSR count). The minimum atomic E-state index is -3.40. The number of piperidine rings is 1. The summed E-state index contributed by atoms with van der Waals surface area (Å²) in [6, 6.07) is 3.34. The molecule has 0 radical (unpaired) electrons. The number of thiophene rings is 1. The molecule has 0 bridgehead atoms. The maximum Gasteiger partial charge on any atom is 0.252 e. The number of sulfonamides is 1. The SMILES string of the molecule is CC(CN)CNC(=O)Cc1ccc(S(=O)(=O)N2CCCCC2)s1. The monoisotopic (exact) mass is 359 g/mol. The fraction of sp³-hybridized carbons (Fsp3) is 0.667. The number of hydrogen-bond donors (Lipinski definition) is 2. The van der Waals surface area contributed by atoms with Gasteiger partial charge in [0.2, 0.25) is 5.91 Å². The first-order valence-corrected chi connectivity index (χ1v) is 10.2. The van der Waals surface area contributed by atoms with Gasteiger partial charge in [0, 0.05) is 24.5 Å². The summed E-state index contributed by atoms with van der Waals surface area (Å²) < 4.78 is 27.0. The van der Waals surface area contributed by atoms with Gasteiger partial charge in [0.05, 0.1) is 6.42 Å². The highest BCUT2D eigenvalue weighted by molar-refractivity contribution is 7.91. The van der Waals surface area contributed by atoms with Crippen LogP contribution in [0, 0.1) is 5.92 Å². The van der Waals surface area contributed by atoms with Crippen LogP contribution >= 0.6 is 11.3 Å². The highest BCUT2D eigenvalue weighted by atomic mass is 32.2. The van der Waals surface area contributed by atoms with Crippen molar-refractivity contribution in [2.24, 2.45) is 11.7 Å². The van der Waals surface area contributed by atoms with Gasteiger partial charge in [-0.25, -0.2) is 8.42 Å². The third kappa shape index (κ3) is 5.00. The Morgan fingerprint density at radius 3 is 2.70 bits per heavy atom. The second-order valence-corrected chi connectivity index (χ2v) is 9.34. The first-order valence-electron chi connectivity index (χ1n) is 7.99. The van der Waals surface area contributed by atoms with Crippen LogP contribution in [0.1, 0.15) is 31.1 Å². The van der Waals surface area contributed by atoms with Gasteiger partial charge in [-0.1, -0.05) is 13.3 Å². The Balaban J connectivity index is 1.95. The van der Waals surface area contributed by atoms with Crippen LogP contribution in [0.5, 0.6) is 0 Å². The zero-order chi connectivity index (χ0) is 16.9. The number of rotatable bonds is 7. The Labute approximate surface area is 142 Å². The number of carbonyl (C=O) groups is 1. The van der Waals surface area contributed by atoms with Crippen molar-refractivity contribution >= 4 is 27.3 Å². The van der Waals surface area contributed by atoms with E-state index >= 15 is 0 Å². The molecular weight excluding hydrogens is 334 g/mol. The first kappa shape index (κ1) is 18.4. The number of nitrogens with two attached hydrogens (primary N) is 1. The van der Waals surface area contributed by atoms with Crippen LogP contribution in [0.15, 0.2) is 16.3 Å². The van der Waals surface area contributed by atoms with E-state index < -0.39 is 10.0 Å². The number of carbonyl (C=O) groups excluding carboxylic acids is 1. The van der Waals surface area contributed by atoms with Crippen molar-refractivity contribution in [1.82, 2.24) is 9.62 Å². The molecule has 1 aliphatic rings. The third-order valence-electron chi connectivity index (χ3n) is 3.93. The van der Waals surface area contributed by atoms with Gasteiger partial charge in [0.15, 0.2) is 0 Å². The summed E-state index contributed by atoms with van der Waals surface area (Å²) in [5.41, 5.74) is 5.51. The average Bonchev–Trinajstić information content (AvgIpc) is 3.02. The standard InChI is InChI=1S/C15H25N3O3S2/c1-12(10-16)11-17-14(19)9-13-5-6-15(22-13)23(20,21)18-7-3-2-4-8-18/h5-6,12H,2-4,7-11,16H2,1H3,(H,17,19). The van der Waals surface area contributed by atoms with E-state index in [0.29, 0.717) is 30.4 Å². The largest absolute Gasteiger partial charge is 0.355 e. The van der Waals surface area contributed by atoms with E-state index in [2.05, 4.69) is 5.32 Å². The Hall–Kier alpha value is -0.960. The van der Waals surface area contributed by atoms with Crippen molar-refractivity contribution in [2.75, 3.05) is 26.2 Å². The van der Waals surface area contributed by atoms with Gasteiger partial charge in [0.25, 0.3) is 10.0 Å². The Morgan fingerprint density at radius 1 is 1.35 bits per heavy atom. The molecule has 8 heteroatoms. The lowest BCUT2D eigenvalue weighted by atomic mass is 10.2. The summed E-state index contributed by atoms with van der Waals surface area (Å²) in [4.78, 5) is 12.7. The van der Waals surface area contributed by atoms with E-state index in [-0.39, 0.29) is 18.2 Å². The van der Waals surface area contributed by atoms with Gasteiger partial charge in [0.1, 0.15) is 4.21 Å².